The molecule has 0 bridgehead atoms. The monoisotopic (exact) mass is 335 g/mol. The lowest BCUT2D eigenvalue weighted by atomic mass is 9.89. The van der Waals surface area contributed by atoms with E-state index in [1.54, 1.807) is 23.6 Å². The molecule has 2 rings (SSSR count). The van der Waals surface area contributed by atoms with Crippen molar-refractivity contribution in [2.75, 3.05) is 31.5 Å². The van der Waals surface area contributed by atoms with E-state index >= 15 is 0 Å². The van der Waals surface area contributed by atoms with E-state index in [-0.39, 0.29) is 11.8 Å². The van der Waals surface area contributed by atoms with Gasteiger partial charge in [-0.05, 0) is 38.1 Å². The van der Waals surface area contributed by atoms with Gasteiger partial charge in [-0.25, -0.2) is 4.39 Å². The van der Waals surface area contributed by atoms with Crippen LogP contribution in [0.5, 0.6) is 0 Å². The van der Waals surface area contributed by atoms with Gasteiger partial charge in [0.05, 0.1) is 0 Å². The van der Waals surface area contributed by atoms with Crippen LogP contribution < -0.4 is 5.32 Å². The fourth-order valence-corrected chi connectivity index (χ4v) is 2.54. The third-order valence-corrected chi connectivity index (χ3v) is 4.22. The van der Waals surface area contributed by atoms with Gasteiger partial charge in [0.2, 0.25) is 17.7 Å². The molecule has 130 valence electrons. The maximum absolute atomic E-state index is 12.9. The highest BCUT2D eigenvalue weighted by atomic mass is 19.1. The third kappa shape index (κ3) is 3.90. The van der Waals surface area contributed by atoms with Gasteiger partial charge in [0, 0.05) is 38.8 Å². The molecule has 1 aromatic rings. The average Bonchev–Trinajstić information content (AvgIpc) is 2.56. The Morgan fingerprint density at radius 2 is 1.50 bits per heavy atom. The molecule has 1 aliphatic rings. The lowest BCUT2D eigenvalue weighted by Gasteiger charge is -2.37. The molecule has 1 fully saturated rings. The molecule has 1 N–H and O–H groups in total. The van der Waals surface area contributed by atoms with Crippen LogP contribution >= 0.6 is 0 Å². The zero-order chi connectivity index (χ0) is 17.9. The Balaban J connectivity index is 2.00. The molecule has 0 spiro atoms. The summed E-state index contributed by atoms with van der Waals surface area (Å²) in [5.41, 5.74) is -0.823. The van der Waals surface area contributed by atoms with Crippen molar-refractivity contribution < 1.29 is 18.8 Å². The molecule has 0 aromatic heterocycles. The molecule has 1 heterocycles. The van der Waals surface area contributed by atoms with Crippen molar-refractivity contribution >= 4 is 23.4 Å². The fourth-order valence-electron chi connectivity index (χ4n) is 2.54. The minimum atomic E-state index is -1.26. The van der Waals surface area contributed by atoms with E-state index in [1.165, 1.54) is 31.2 Å². The molecule has 1 aliphatic heterocycles. The second kappa shape index (κ2) is 6.98. The van der Waals surface area contributed by atoms with Gasteiger partial charge >= 0.3 is 0 Å². The molecule has 1 aromatic carbocycles. The van der Waals surface area contributed by atoms with Gasteiger partial charge in [0.25, 0.3) is 0 Å². The zero-order valence-electron chi connectivity index (χ0n) is 14.1. The molecule has 0 unspecified atom stereocenters. The molecule has 7 heteroatoms. The largest absolute Gasteiger partial charge is 0.339 e. The quantitative estimate of drug-likeness (QED) is 0.851. The smallest absolute Gasteiger partial charge is 0.239 e. The fraction of sp³-hybridized carbons (Fsp3) is 0.471. The van der Waals surface area contributed by atoms with E-state index in [0.29, 0.717) is 31.9 Å². The first-order valence-electron chi connectivity index (χ1n) is 7.83. The van der Waals surface area contributed by atoms with Gasteiger partial charge in [-0.3, -0.25) is 14.4 Å². The van der Waals surface area contributed by atoms with Crippen LogP contribution in [0.2, 0.25) is 0 Å². The van der Waals surface area contributed by atoms with Crippen LogP contribution in [-0.4, -0.2) is 53.7 Å². The van der Waals surface area contributed by atoms with Crippen molar-refractivity contribution in [1.29, 1.82) is 0 Å². The highest BCUT2D eigenvalue weighted by Crippen LogP contribution is 2.23. The molecule has 0 saturated carbocycles. The number of halogens is 1. The maximum atomic E-state index is 12.9. The molecule has 1 saturated heterocycles. The summed E-state index contributed by atoms with van der Waals surface area (Å²) in [4.78, 5) is 39.8. The van der Waals surface area contributed by atoms with Crippen LogP contribution in [-0.2, 0) is 14.4 Å². The molecular formula is C17H22FN3O3. The number of carbonyl (C=O) groups is 3. The van der Waals surface area contributed by atoms with Gasteiger partial charge in [-0.15, -0.1) is 0 Å². The standard InChI is InChI=1S/C17H22FN3O3/c1-12(22)20-8-10-21(11-9-20)16(24)17(2,3)15(23)19-14-6-4-13(18)5-7-14/h4-7H,8-11H2,1-3H3,(H,19,23). The molecule has 0 atom stereocenters. The number of rotatable bonds is 3. The minimum Gasteiger partial charge on any atom is -0.339 e. The highest BCUT2D eigenvalue weighted by Gasteiger charge is 2.40. The van der Waals surface area contributed by atoms with Gasteiger partial charge in [-0.2, -0.15) is 0 Å². The van der Waals surface area contributed by atoms with Crippen molar-refractivity contribution in [3.05, 3.63) is 30.1 Å². The predicted octanol–water partition coefficient (Wildman–Crippen LogP) is 1.48. The summed E-state index contributed by atoms with van der Waals surface area (Å²) in [5.74, 6) is -1.15. The molecule has 24 heavy (non-hydrogen) atoms. The minimum absolute atomic E-state index is 0.0181. The van der Waals surface area contributed by atoms with Gasteiger partial charge < -0.3 is 15.1 Å². The Labute approximate surface area is 140 Å². The van der Waals surface area contributed by atoms with E-state index in [1.807, 2.05) is 0 Å². The number of nitrogens with one attached hydrogen (secondary N) is 1. The molecule has 0 aliphatic carbocycles. The van der Waals surface area contributed by atoms with E-state index < -0.39 is 17.1 Å². The predicted molar refractivity (Wildman–Crippen MR) is 87.6 cm³/mol. The maximum Gasteiger partial charge on any atom is 0.239 e. The number of hydrogen-bond acceptors (Lipinski definition) is 3. The Hall–Kier alpha value is -2.44. The second-order valence-electron chi connectivity index (χ2n) is 6.38. The van der Waals surface area contributed by atoms with Crippen LogP contribution in [0.4, 0.5) is 10.1 Å². The van der Waals surface area contributed by atoms with Gasteiger partial charge in [0.15, 0.2) is 0 Å². The van der Waals surface area contributed by atoms with Crippen LogP contribution in [0.15, 0.2) is 24.3 Å². The summed E-state index contributed by atoms with van der Waals surface area (Å²) >= 11 is 0. The normalized spacial score (nSPS) is 15.2. The van der Waals surface area contributed by atoms with Crippen LogP contribution in [0.3, 0.4) is 0 Å². The molecule has 0 radical (unpaired) electrons. The summed E-state index contributed by atoms with van der Waals surface area (Å²) in [6.45, 7) is 6.37. The molecule has 3 amide bonds. The Kier molecular flexibility index (Phi) is 5.21. The summed E-state index contributed by atoms with van der Waals surface area (Å²) in [5, 5.41) is 2.64. The van der Waals surface area contributed by atoms with Crippen molar-refractivity contribution in [3.8, 4) is 0 Å². The number of hydrogen-bond donors (Lipinski definition) is 1. The number of benzene rings is 1. The SMILES string of the molecule is CC(=O)N1CCN(C(=O)C(C)(C)C(=O)Nc2ccc(F)cc2)CC1. The number of carbonyl (C=O) groups excluding carboxylic acids is 3. The lowest BCUT2D eigenvalue weighted by molar-refractivity contribution is -0.149. The first kappa shape index (κ1) is 17.9. The Morgan fingerprint density at radius 3 is 2.00 bits per heavy atom. The summed E-state index contributed by atoms with van der Waals surface area (Å²) in [6.07, 6.45) is 0. The van der Waals surface area contributed by atoms with Crippen molar-refractivity contribution in [1.82, 2.24) is 9.80 Å². The third-order valence-electron chi connectivity index (χ3n) is 4.22. The van der Waals surface area contributed by atoms with Crippen LogP contribution in [0, 0.1) is 11.2 Å². The zero-order valence-corrected chi connectivity index (χ0v) is 14.1. The van der Waals surface area contributed by atoms with E-state index in [9.17, 15) is 18.8 Å². The van der Waals surface area contributed by atoms with E-state index in [0.717, 1.165) is 0 Å². The summed E-state index contributed by atoms with van der Waals surface area (Å²) in [7, 11) is 0. The van der Waals surface area contributed by atoms with Crippen molar-refractivity contribution in [2.24, 2.45) is 5.41 Å². The topological polar surface area (TPSA) is 69.7 Å². The average molecular weight is 335 g/mol. The Bertz CT molecular complexity index is 635. The Morgan fingerprint density at radius 1 is 1.00 bits per heavy atom. The van der Waals surface area contributed by atoms with Gasteiger partial charge in [0.1, 0.15) is 11.2 Å². The van der Waals surface area contributed by atoms with Crippen molar-refractivity contribution in [3.63, 3.8) is 0 Å². The molecular weight excluding hydrogens is 313 g/mol. The summed E-state index contributed by atoms with van der Waals surface area (Å²) < 4.78 is 12.9. The first-order valence-corrected chi connectivity index (χ1v) is 7.83. The highest BCUT2D eigenvalue weighted by molar-refractivity contribution is 6.09. The first-order chi connectivity index (χ1) is 11.2. The number of anilines is 1. The molecule has 6 nitrogen and oxygen atoms in total. The summed E-state index contributed by atoms with van der Waals surface area (Å²) in [6, 6.07) is 5.37. The van der Waals surface area contributed by atoms with E-state index in [2.05, 4.69) is 5.32 Å². The number of piperazine rings is 1. The van der Waals surface area contributed by atoms with Gasteiger partial charge in [-0.1, -0.05) is 0 Å². The van der Waals surface area contributed by atoms with Crippen molar-refractivity contribution in [2.45, 2.75) is 20.8 Å². The number of amides is 3. The number of nitrogens with zero attached hydrogens (tertiary/aromatic N) is 2. The van der Waals surface area contributed by atoms with E-state index in [4.69, 9.17) is 0 Å². The second-order valence-corrected chi connectivity index (χ2v) is 6.38. The lowest BCUT2D eigenvalue weighted by Crippen LogP contribution is -2.55. The van der Waals surface area contributed by atoms with Crippen LogP contribution in [0.25, 0.3) is 0 Å². The van der Waals surface area contributed by atoms with Crippen LogP contribution in [0.1, 0.15) is 20.8 Å².